The van der Waals surface area contributed by atoms with Gasteiger partial charge in [-0.15, -0.1) is 11.8 Å². The van der Waals surface area contributed by atoms with Crippen molar-refractivity contribution in [3.8, 4) is 5.75 Å². The van der Waals surface area contributed by atoms with E-state index in [0.29, 0.717) is 28.4 Å². The van der Waals surface area contributed by atoms with Crippen LogP contribution in [0.4, 0.5) is 5.69 Å². The van der Waals surface area contributed by atoms with Crippen molar-refractivity contribution in [2.75, 3.05) is 12.9 Å². The first kappa shape index (κ1) is 24.3. The van der Waals surface area contributed by atoms with Gasteiger partial charge in [0.15, 0.2) is 6.04 Å². The lowest BCUT2D eigenvalue weighted by Crippen LogP contribution is -2.64. The average molecular weight is 520 g/mol. The van der Waals surface area contributed by atoms with E-state index in [0.717, 1.165) is 5.56 Å². The summed E-state index contributed by atoms with van der Waals surface area (Å²) < 4.78 is 16.3. The molecule has 2 aliphatic heterocycles. The van der Waals surface area contributed by atoms with Crippen LogP contribution in [0.25, 0.3) is 5.57 Å². The largest absolute Gasteiger partial charge is 0.497 e. The second kappa shape index (κ2) is 10.3. The number of hydrogen-bond acceptors (Lipinski definition) is 9. The second-order valence-electron chi connectivity index (χ2n) is 8.21. The van der Waals surface area contributed by atoms with Crippen molar-refractivity contribution < 1.29 is 28.4 Å². The van der Waals surface area contributed by atoms with Gasteiger partial charge in [0.25, 0.3) is 11.6 Å². The average Bonchev–Trinajstić information content (AvgIpc) is 3.46. The number of carbonyl (C=O) groups excluding carboxylic acids is 2. The van der Waals surface area contributed by atoms with Gasteiger partial charge in [0.2, 0.25) is 0 Å². The number of nitrogens with zero attached hydrogens (tertiary/aromatic N) is 3. The molecule has 0 bridgehead atoms. The van der Waals surface area contributed by atoms with Gasteiger partial charge in [-0.25, -0.2) is 4.79 Å². The first-order chi connectivity index (χ1) is 18.0. The zero-order chi connectivity index (χ0) is 25.9. The van der Waals surface area contributed by atoms with Crippen molar-refractivity contribution in [3.05, 3.63) is 99.6 Å². The molecule has 11 heteroatoms. The lowest BCUT2D eigenvalue weighted by molar-refractivity contribution is -0.384. The summed E-state index contributed by atoms with van der Waals surface area (Å²) in [6.07, 6.45) is 3.02. The summed E-state index contributed by atoms with van der Waals surface area (Å²) in [5, 5.41) is 10.5. The van der Waals surface area contributed by atoms with Gasteiger partial charge in [-0.3, -0.25) is 24.8 Å². The molecule has 188 valence electrons. The number of carbonyl (C=O) groups is 2. The highest BCUT2D eigenvalue weighted by molar-refractivity contribution is 8.00. The number of nitro groups is 1. The first-order valence-corrected chi connectivity index (χ1v) is 12.3. The Morgan fingerprint density at radius 2 is 1.97 bits per heavy atom. The van der Waals surface area contributed by atoms with Gasteiger partial charge in [-0.1, -0.05) is 12.1 Å². The Morgan fingerprint density at radius 3 is 2.62 bits per heavy atom. The molecule has 3 aromatic rings. The normalized spacial score (nSPS) is 18.9. The van der Waals surface area contributed by atoms with Gasteiger partial charge >= 0.3 is 5.97 Å². The highest BCUT2D eigenvalue weighted by Crippen LogP contribution is 2.44. The van der Waals surface area contributed by atoms with Crippen LogP contribution in [0.15, 0.2) is 82.0 Å². The number of nitro benzene ring substituents is 1. The predicted octanol–water partition coefficient (Wildman–Crippen LogP) is 4.05. The molecule has 0 spiro atoms. The topological polar surface area (TPSA) is 124 Å². The number of fused-ring (bicyclic) bond motifs is 1. The Morgan fingerprint density at radius 1 is 1.22 bits per heavy atom. The van der Waals surface area contributed by atoms with Gasteiger partial charge in [-0.2, -0.15) is 0 Å². The number of rotatable bonds is 8. The lowest BCUT2D eigenvalue weighted by Gasteiger charge is -2.47. The number of β-lactam (4-membered cyclic amide) rings is 1. The van der Waals surface area contributed by atoms with Crippen molar-refractivity contribution in [1.29, 1.82) is 0 Å². The van der Waals surface area contributed by atoms with Crippen LogP contribution in [-0.4, -0.2) is 52.2 Å². The molecule has 5 rings (SSSR count). The van der Waals surface area contributed by atoms with Gasteiger partial charge in [0.1, 0.15) is 29.2 Å². The Balaban J connectivity index is 1.35. The SMILES string of the molecule is COc1ccc(COC(=O)C2=C(c3ccco3)CS[C@@H]3[C@H](N=Cc4ccc([N+](=O)[O-])cc4)C(=O)N23)cc1. The third kappa shape index (κ3) is 4.85. The number of non-ortho nitro benzene ring substituents is 1. The smallest absolute Gasteiger partial charge is 0.355 e. The van der Waals surface area contributed by atoms with Crippen LogP contribution in [0.3, 0.4) is 0 Å². The molecule has 37 heavy (non-hydrogen) atoms. The van der Waals surface area contributed by atoms with E-state index >= 15 is 0 Å². The second-order valence-corrected chi connectivity index (χ2v) is 9.32. The number of ether oxygens (including phenoxy) is 2. The number of methoxy groups -OCH3 is 1. The van der Waals surface area contributed by atoms with E-state index in [4.69, 9.17) is 13.9 Å². The monoisotopic (exact) mass is 519 g/mol. The van der Waals surface area contributed by atoms with Crippen LogP contribution in [-0.2, 0) is 20.9 Å². The van der Waals surface area contributed by atoms with E-state index in [2.05, 4.69) is 4.99 Å². The molecule has 1 fully saturated rings. The van der Waals surface area contributed by atoms with Crippen LogP contribution >= 0.6 is 11.8 Å². The Hall–Kier alpha value is -4.38. The minimum Gasteiger partial charge on any atom is -0.497 e. The first-order valence-electron chi connectivity index (χ1n) is 11.3. The summed E-state index contributed by atoms with van der Waals surface area (Å²) in [7, 11) is 1.57. The molecule has 3 heterocycles. The summed E-state index contributed by atoms with van der Waals surface area (Å²) in [6, 6.07) is 15.8. The highest BCUT2D eigenvalue weighted by atomic mass is 32.2. The molecule has 0 saturated carbocycles. The van der Waals surface area contributed by atoms with Crippen molar-refractivity contribution in [2.24, 2.45) is 4.99 Å². The van der Waals surface area contributed by atoms with Crippen LogP contribution in [0.1, 0.15) is 16.9 Å². The number of aliphatic imine (C=N–C) groups is 1. The Labute approximate surface area is 215 Å². The molecule has 2 atom stereocenters. The number of hydrogen-bond donors (Lipinski definition) is 0. The molecule has 0 radical (unpaired) electrons. The molecule has 10 nitrogen and oxygen atoms in total. The summed E-state index contributed by atoms with van der Waals surface area (Å²) >= 11 is 1.47. The molecule has 0 N–H and O–H groups in total. The number of furan rings is 1. The zero-order valence-electron chi connectivity index (χ0n) is 19.6. The van der Waals surface area contributed by atoms with Crippen molar-refractivity contribution in [2.45, 2.75) is 18.0 Å². The van der Waals surface area contributed by atoms with E-state index in [1.807, 2.05) is 0 Å². The van der Waals surface area contributed by atoms with Gasteiger partial charge in [0, 0.05) is 29.7 Å². The third-order valence-electron chi connectivity index (χ3n) is 5.97. The van der Waals surface area contributed by atoms with E-state index in [9.17, 15) is 19.7 Å². The van der Waals surface area contributed by atoms with Crippen molar-refractivity contribution >= 4 is 41.1 Å². The molecule has 2 aromatic carbocycles. The van der Waals surface area contributed by atoms with Crippen LogP contribution in [0.5, 0.6) is 5.75 Å². The zero-order valence-corrected chi connectivity index (χ0v) is 20.4. The van der Waals surface area contributed by atoms with E-state index in [-0.39, 0.29) is 29.3 Å². The maximum Gasteiger partial charge on any atom is 0.355 e. The maximum absolute atomic E-state index is 13.3. The molecule has 1 amide bonds. The molecule has 1 aromatic heterocycles. The number of benzene rings is 2. The van der Waals surface area contributed by atoms with Crippen molar-refractivity contribution in [3.63, 3.8) is 0 Å². The predicted molar refractivity (Wildman–Crippen MR) is 136 cm³/mol. The molecule has 2 aliphatic rings. The van der Waals surface area contributed by atoms with E-state index in [1.165, 1.54) is 41.3 Å². The van der Waals surface area contributed by atoms with Crippen LogP contribution in [0.2, 0.25) is 0 Å². The minimum atomic E-state index is -0.692. The summed E-state index contributed by atoms with van der Waals surface area (Å²) in [5.41, 5.74) is 2.11. The number of amides is 1. The van der Waals surface area contributed by atoms with E-state index in [1.54, 1.807) is 55.6 Å². The van der Waals surface area contributed by atoms with Crippen molar-refractivity contribution in [1.82, 2.24) is 4.90 Å². The molecule has 0 aliphatic carbocycles. The fourth-order valence-electron chi connectivity index (χ4n) is 4.02. The molecular weight excluding hydrogens is 498 g/mol. The number of thioether (sulfide) groups is 1. The quantitative estimate of drug-likeness (QED) is 0.144. The van der Waals surface area contributed by atoms with E-state index < -0.39 is 16.9 Å². The Kier molecular flexibility index (Phi) is 6.78. The lowest BCUT2D eigenvalue weighted by atomic mass is 10.0. The minimum absolute atomic E-state index is 0.0271. The summed E-state index contributed by atoms with van der Waals surface area (Å²) in [6.45, 7) is 0.0271. The van der Waals surface area contributed by atoms with Gasteiger partial charge < -0.3 is 13.9 Å². The fraction of sp³-hybridized carbons (Fsp3) is 0.192. The fourth-order valence-corrected chi connectivity index (χ4v) is 5.36. The van der Waals surface area contributed by atoms with Crippen LogP contribution in [0, 0.1) is 10.1 Å². The maximum atomic E-state index is 13.3. The number of esters is 1. The third-order valence-corrected chi connectivity index (χ3v) is 7.23. The van der Waals surface area contributed by atoms with Gasteiger partial charge in [0.05, 0.1) is 18.3 Å². The summed E-state index contributed by atoms with van der Waals surface area (Å²) in [4.78, 5) is 42.6. The molecule has 0 unspecified atom stereocenters. The van der Waals surface area contributed by atoms with Crippen LogP contribution < -0.4 is 4.74 Å². The standard InChI is InChI=1S/C26H21N3O7S/c1-34-19-10-6-17(7-11-19)14-36-26(31)23-20(21-3-2-12-35-21)15-37-25-22(24(30)28(23)25)27-13-16-4-8-18(9-5-16)29(32)33/h2-13,22,25H,14-15H2,1H3/t22-,25-/m1/s1. The van der Waals surface area contributed by atoms with Gasteiger partial charge in [-0.05, 0) is 47.5 Å². The Bertz CT molecular complexity index is 1380. The molecular formula is C26H21N3O7S. The highest BCUT2D eigenvalue weighted by Gasteiger charge is 2.54. The summed E-state index contributed by atoms with van der Waals surface area (Å²) in [5.74, 6) is 0.650. The molecule has 1 saturated heterocycles.